The van der Waals surface area contributed by atoms with Gasteiger partial charge in [-0.05, 0) is 25.1 Å². The second kappa shape index (κ2) is 5.10. The van der Waals surface area contributed by atoms with Gasteiger partial charge in [-0.3, -0.25) is 4.79 Å². The van der Waals surface area contributed by atoms with Crippen LogP contribution in [0.5, 0.6) is 0 Å². The van der Waals surface area contributed by atoms with Gasteiger partial charge in [0.2, 0.25) is 0 Å². The summed E-state index contributed by atoms with van der Waals surface area (Å²) in [6.45, 7) is 1.43. The predicted molar refractivity (Wildman–Crippen MR) is 64.8 cm³/mol. The highest BCUT2D eigenvalue weighted by Crippen LogP contribution is 2.31. The van der Waals surface area contributed by atoms with E-state index in [2.05, 4.69) is 4.98 Å². The van der Waals surface area contributed by atoms with Gasteiger partial charge in [0.15, 0.2) is 5.78 Å². The van der Waals surface area contributed by atoms with E-state index in [9.17, 15) is 9.18 Å². The Morgan fingerprint density at radius 2 is 2.06 bits per heavy atom. The monoisotopic (exact) mass is 247 g/mol. The largest absolute Gasteiger partial charge is 0.294 e. The molecule has 2 nitrogen and oxygen atoms in total. The zero-order valence-corrected chi connectivity index (χ0v) is 10.00. The van der Waals surface area contributed by atoms with Crippen molar-refractivity contribution in [2.75, 3.05) is 0 Å². The minimum Gasteiger partial charge on any atom is -0.294 e. The van der Waals surface area contributed by atoms with Crippen molar-refractivity contribution in [1.82, 2.24) is 4.98 Å². The first-order chi connectivity index (χ1) is 8.18. The van der Waals surface area contributed by atoms with Crippen LogP contribution in [0.15, 0.2) is 52.5 Å². The van der Waals surface area contributed by atoms with Crippen LogP contribution in [0.4, 0.5) is 4.39 Å². The molecular weight excluding hydrogens is 237 g/mol. The van der Waals surface area contributed by atoms with Crippen LogP contribution in [-0.2, 0) is 0 Å². The van der Waals surface area contributed by atoms with E-state index < -0.39 is 5.82 Å². The van der Waals surface area contributed by atoms with Crippen LogP contribution < -0.4 is 0 Å². The van der Waals surface area contributed by atoms with Crippen LogP contribution in [-0.4, -0.2) is 10.8 Å². The molecule has 17 heavy (non-hydrogen) atoms. The molecule has 2 aromatic rings. The number of hydrogen-bond acceptors (Lipinski definition) is 3. The molecule has 0 bridgehead atoms. The molecule has 0 unspecified atom stereocenters. The molecule has 0 fully saturated rings. The van der Waals surface area contributed by atoms with Crippen LogP contribution in [0.3, 0.4) is 0 Å². The van der Waals surface area contributed by atoms with Gasteiger partial charge >= 0.3 is 0 Å². The molecule has 1 aromatic carbocycles. The molecule has 0 atom stereocenters. The summed E-state index contributed by atoms with van der Waals surface area (Å²) in [6.07, 6.45) is 1.64. The van der Waals surface area contributed by atoms with Crippen LogP contribution in [0.2, 0.25) is 0 Å². The lowest BCUT2D eigenvalue weighted by molar-refractivity contribution is 0.101. The van der Waals surface area contributed by atoms with Crippen molar-refractivity contribution in [2.45, 2.75) is 16.8 Å². The topological polar surface area (TPSA) is 30.0 Å². The van der Waals surface area contributed by atoms with E-state index in [1.807, 2.05) is 6.07 Å². The van der Waals surface area contributed by atoms with Gasteiger partial charge < -0.3 is 0 Å². The normalized spacial score (nSPS) is 10.2. The summed E-state index contributed by atoms with van der Waals surface area (Å²) in [5.41, 5.74) is 0.389. The summed E-state index contributed by atoms with van der Waals surface area (Å²) in [5.74, 6) is -0.545. The molecule has 86 valence electrons. The van der Waals surface area contributed by atoms with Gasteiger partial charge in [-0.15, -0.1) is 0 Å². The lowest BCUT2D eigenvalue weighted by Gasteiger charge is -2.06. The minimum absolute atomic E-state index is 0.150. The van der Waals surface area contributed by atoms with Crippen molar-refractivity contribution in [3.05, 3.63) is 54.0 Å². The van der Waals surface area contributed by atoms with Crippen LogP contribution >= 0.6 is 11.8 Å². The Morgan fingerprint density at radius 1 is 1.24 bits per heavy atom. The highest BCUT2D eigenvalue weighted by molar-refractivity contribution is 7.99. The number of carbonyl (C=O) groups excluding carboxylic acids is 1. The van der Waals surface area contributed by atoms with E-state index >= 15 is 0 Å². The molecule has 0 aliphatic heterocycles. The Kier molecular flexibility index (Phi) is 3.54. The van der Waals surface area contributed by atoms with Crippen molar-refractivity contribution in [3.8, 4) is 0 Å². The number of hydrogen-bond donors (Lipinski definition) is 0. The molecule has 0 aliphatic carbocycles. The first-order valence-corrected chi connectivity index (χ1v) is 5.88. The molecule has 1 heterocycles. The Bertz CT molecular complexity index is 542. The molecule has 0 N–H and O–H groups in total. The first-order valence-electron chi connectivity index (χ1n) is 5.07. The van der Waals surface area contributed by atoms with Gasteiger partial charge in [-0.25, -0.2) is 9.37 Å². The van der Waals surface area contributed by atoms with E-state index in [4.69, 9.17) is 0 Å². The van der Waals surface area contributed by atoms with E-state index in [-0.39, 0.29) is 5.78 Å². The van der Waals surface area contributed by atoms with Gasteiger partial charge in [0.25, 0.3) is 0 Å². The maximum atomic E-state index is 13.7. The highest BCUT2D eigenvalue weighted by Gasteiger charge is 2.13. The SMILES string of the molecule is CC(=O)c1cccc(F)c1Sc1ccccn1. The summed E-state index contributed by atoms with van der Waals surface area (Å²) in [6, 6.07) is 9.89. The third kappa shape index (κ3) is 2.71. The van der Waals surface area contributed by atoms with E-state index in [0.29, 0.717) is 15.5 Å². The average molecular weight is 247 g/mol. The summed E-state index contributed by atoms with van der Waals surface area (Å²) in [5, 5.41) is 0.667. The predicted octanol–water partition coefficient (Wildman–Crippen LogP) is 3.57. The van der Waals surface area contributed by atoms with Crippen molar-refractivity contribution in [1.29, 1.82) is 0 Å². The Morgan fingerprint density at radius 3 is 2.71 bits per heavy atom. The van der Waals surface area contributed by atoms with Crippen molar-refractivity contribution in [2.24, 2.45) is 0 Å². The number of Topliss-reactive ketones (excluding diaryl/α,β-unsaturated/α-hetero) is 1. The fourth-order valence-electron chi connectivity index (χ4n) is 1.40. The minimum atomic E-state index is -0.395. The van der Waals surface area contributed by atoms with Crippen molar-refractivity contribution >= 4 is 17.5 Å². The van der Waals surface area contributed by atoms with Crippen molar-refractivity contribution < 1.29 is 9.18 Å². The van der Waals surface area contributed by atoms with E-state index in [1.54, 1.807) is 24.4 Å². The summed E-state index contributed by atoms with van der Waals surface area (Å²) >= 11 is 1.16. The smallest absolute Gasteiger partial charge is 0.161 e. The van der Waals surface area contributed by atoms with Gasteiger partial charge in [-0.2, -0.15) is 0 Å². The number of aromatic nitrogens is 1. The van der Waals surface area contributed by atoms with Crippen LogP contribution in [0.25, 0.3) is 0 Å². The molecule has 0 saturated carbocycles. The lowest BCUT2D eigenvalue weighted by Crippen LogP contribution is -1.97. The van der Waals surface area contributed by atoms with E-state index in [1.165, 1.54) is 19.1 Å². The van der Waals surface area contributed by atoms with Gasteiger partial charge in [0.1, 0.15) is 10.8 Å². The maximum absolute atomic E-state index is 13.7. The third-order valence-corrected chi connectivity index (χ3v) is 3.26. The molecule has 1 aromatic heterocycles. The average Bonchev–Trinajstić information content (AvgIpc) is 2.33. The van der Waals surface area contributed by atoms with E-state index in [0.717, 1.165) is 11.8 Å². The number of rotatable bonds is 3. The maximum Gasteiger partial charge on any atom is 0.161 e. The number of halogens is 1. The Labute approximate surface area is 103 Å². The molecule has 0 radical (unpaired) electrons. The highest BCUT2D eigenvalue weighted by atomic mass is 32.2. The second-order valence-corrected chi connectivity index (χ2v) is 4.47. The zero-order chi connectivity index (χ0) is 12.3. The fraction of sp³-hybridized carbons (Fsp3) is 0.0769. The molecule has 0 saturated heterocycles. The number of ketones is 1. The quantitative estimate of drug-likeness (QED) is 0.776. The molecule has 0 aliphatic rings. The second-order valence-electron chi connectivity index (χ2n) is 3.44. The fourth-order valence-corrected chi connectivity index (χ4v) is 2.36. The number of carbonyl (C=O) groups is 1. The molecule has 0 amide bonds. The number of nitrogens with zero attached hydrogens (tertiary/aromatic N) is 1. The van der Waals surface area contributed by atoms with Gasteiger partial charge in [0, 0.05) is 11.8 Å². The summed E-state index contributed by atoms with van der Waals surface area (Å²) in [4.78, 5) is 15.8. The molecule has 4 heteroatoms. The summed E-state index contributed by atoms with van der Waals surface area (Å²) < 4.78 is 13.7. The molecule has 2 rings (SSSR count). The molecular formula is C13H10FNOS. The Balaban J connectivity index is 2.41. The third-order valence-electron chi connectivity index (χ3n) is 2.19. The Hall–Kier alpha value is -1.68. The first kappa shape index (κ1) is 11.8. The van der Waals surface area contributed by atoms with Gasteiger partial charge in [-0.1, -0.05) is 30.0 Å². The van der Waals surface area contributed by atoms with Gasteiger partial charge in [0.05, 0.1) is 4.90 Å². The van der Waals surface area contributed by atoms with Crippen LogP contribution in [0.1, 0.15) is 17.3 Å². The van der Waals surface area contributed by atoms with Crippen LogP contribution in [0, 0.1) is 5.82 Å². The molecule has 0 spiro atoms. The number of benzene rings is 1. The summed E-state index contributed by atoms with van der Waals surface area (Å²) in [7, 11) is 0. The lowest BCUT2D eigenvalue weighted by atomic mass is 10.1. The standard InChI is InChI=1S/C13H10FNOS/c1-9(16)10-5-4-6-11(14)13(10)17-12-7-2-3-8-15-12/h2-8H,1H3. The zero-order valence-electron chi connectivity index (χ0n) is 9.18. The van der Waals surface area contributed by atoms with Crippen molar-refractivity contribution in [3.63, 3.8) is 0 Å². The number of pyridine rings is 1.